The highest BCUT2D eigenvalue weighted by Gasteiger charge is 2.27. The Hall–Kier alpha value is -1.29. The van der Waals surface area contributed by atoms with Gasteiger partial charge in [0.25, 0.3) is 0 Å². The fourth-order valence-corrected chi connectivity index (χ4v) is 0.951. The van der Waals surface area contributed by atoms with Gasteiger partial charge in [-0.05, 0) is 12.1 Å². The zero-order valence-electron chi connectivity index (χ0n) is 6.82. The van der Waals surface area contributed by atoms with Crippen LogP contribution in [0.2, 0.25) is 0 Å². The van der Waals surface area contributed by atoms with Gasteiger partial charge in [0.2, 0.25) is 5.78 Å². The Morgan fingerprint density at radius 3 is 2.77 bits per heavy atom. The van der Waals surface area contributed by atoms with Crippen molar-refractivity contribution in [3.63, 3.8) is 0 Å². The molecule has 0 aliphatic carbocycles. The van der Waals surface area contributed by atoms with Gasteiger partial charge in [0.15, 0.2) is 11.1 Å². The second kappa shape index (κ2) is 4.09. The molecular weight excluding hydrogens is 196 g/mol. The number of furan rings is 1. The molecule has 5 heteroatoms. The molecule has 0 amide bonds. The lowest BCUT2D eigenvalue weighted by molar-refractivity contribution is -0.139. The van der Waals surface area contributed by atoms with E-state index in [4.69, 9.17) is 16.0 Å². The zero-order valence-corrected chi connectivity index (χ0v) is 7.58. The number of carbonyl (C=O) groups excluding carboxylic acids is 2. The molecule has 0 spiro atoms. The maximum absolute atomic E-state index is 11.3. The Kier molecular flexibility index (Phi) is 3.08. The summed E-state index contributed by atoms with van der Waals surface area (Å²) in [5.74, 6) is -1.34. The van der Waals surface area contributed by atoms with Gasteiger partial charge in [-0.25, -0.2) is 4.79 Å². The summed E-state index contributed by atoms with van der Waals surface area (Å²) in [6, 6.07) is 2.97. The first-order valence-electron chi connectivity index (χ1n) is 3.46. The van der Waals surface area contributed by atoms with Crippen molar-refractivity contribution in [2.75, 3.05) is 7.11 Å². The van der Waals surface area contributed by atoms with Crippen molar-refractivity contribution in [2.24, 2.45) is 0 Å². The SMILES string of the molecule is COC(=O)C(Cl)C(=O)c1ccco1. The van der Waals surface area contributed by atoms with Crippen LogP contribution in [0.25, 0.3) is 0 Å². The van der Waals surface area contributed by atoms with Crippen LogP contribution >= 0.6 is 11.6 Å². The second-order valence-corrected chi connectivity index (χ2v) is 2.66. The van der Waals surface area contributed by atoms with Gasteiger partial charge < -0.3 is 9.15 Å². The molecule has 0 aromatic carbocycles. The summed E-state index contributed by atoms with van der Waals surface area (Å²) in [6.07, 6.45) is 1.33. The average Bonchev–Trinajstić information content (AvgIpc) is 2.67. The largest absolute Gasteiger partial charge is 0.468 e. The molecular formula is C8H7ClO4. The van der Waals surface area contributed by atoms with E-state index in [9.17, 15) is 9.59 Å². The smallest absolute Gasteiger partial charge is 0.332 e. The summed E-state index contributed by atoms with van der Waals surface area (Å²) in [7, 11) is 1.16. The van der Waals surface area contributed by atoms with E-state index in [1.807, 2.05) is 0 Å². The summed E-state index contributed by atoms with van der Waals surface area (Å²) < 4.78 is 9.07. The minimum Gasteiger partial charge on any atom is -0.468 e. The number of carbonyl (C=O) groups is 2. The Morgan fingerprint density at radius 2 is 2.31 bits per heavy atom. The van der Waals surface area contributed by atoms with Gasteiger partial charge in [0.05, 0.1) is 13.4 Å². The molecule has 0 radical (unpaired) electrons. The van der Waals surface area contributed by atoms with Crippen molar-refractivity contribution in [3.05, 3.63) is 24.2 Å². The predicted octanol–water partition coefficient (Wildman–Crippen LogP) is 1.24. The monoisotopic (exact) mass is 202 g/mol. The number of halogens is 1. The predicted molar refractivity (Wildman–Crippen MR) is 44.7 cm³/mol. The van der Waals surface area contributed by atoms with E-state index in [0.717, 1.165) is 7.11 Å². The van der Waals surface area contributed by atoms with Crippen LogP contribution in [0, 0.1) is 0 Å². The number of esters is 1. The molecule has 0 bridgehead atoms. The van der Waals surface area contributed by atoms with Gasteiger partial charge in [-0.2, -0.15) is 0 Å². The minimum atomic E-state index is -1.34. The lowest BCUT2D eigenvalue weighted by Crippen LogP contribution is -2.25. The van der Waals surface area contributed by atoms with E-state index in [1.165, 1.54) is 18.4 Å². The van der Waals surface area contributed by atoms with Crippen LogP contribution in [0.4, 0.5) is 0 Å². The normalized spacial score (nSPS) is 12.2. The van der Waals surface area contributed by atoms with E-state index in [1.54, 1.807) is 0 Å². The molecule has 70 valence electrons. The quantitative estimate of drug-likeness (QED) is 0.320. The first-order chi connectivity index (χ1) is 6.16. The number of Topliss-reactive ketones (excluding diaryl/α,β-unsaturated/α-hetero) is 1. The molecule has 1 unspecified atom stereocenters. The molecule has 1 aromatic rings. The van der Waals surface area contributed by atoms with Gasteiger partial charge in [-0.3, -0.25) is 4.79 Å². The van der Waals surface area contributed by atoms with Crippen molar-refractivity contribution >= 4 is 23.4 Å². The van der Waals surface area contributed by atoms with Crippen molar-refractivity contribution < 1.29 is 18.7 Å². The van der Waals surface area contributed by atoms with Crippen molar-refractivity contribution in [1.29, 1.82) is 0 Å². The first-order valence-corrected chi connectivity index (χ1v) is 3.90. The molecule has 1 rings (SSSR count). The van der Waals surface area contributed by atoms with E-state index >= 15 is 0 Å². The summed E-state index contributed by atoms with van der Waals surface area (Å²) >= 11 is 5.49. The van der Waals surface area contributed by atoms with E-state index in [2.05, 4.69) is 4.74 Å². The van der Waals surface area contributed by atoms with Gasteiger partial charge in [-0.15, -0.1) is 11.6 Å². The maximum Gasteiger partial charge on any atom is 0.332 e. The van der Waals surface area contributed by atoms with Crippen molar-refractivity contribution in [3.8, 4) is 0 Å². The molecule has 13 heavy (non-hydrogen) atoms. The van der Waals surface area contributed by atoms with Gasteiger partial charge in [-0.1, -0.05) is 0 Å². The number of rotatable bonds is 3. The Morgan fingerprint density at radius 1 is 1.62 bits per heavy atom. The number of hydrogen-bond donors (Lipinski definition) is 0. The Bertz CT molecular complexity index is 304. The summed E-state index contributed by atoms with van der Waals surface area (Å²) in [6.45, 7) is 0. The Labute approximate surface area is 79.4 Å². The molecule has 0 N–H and O–H groups in total. The van der Waals surface area contributed by atoms with Crippen molar-refractivity contribution in [2.45, 2.75) is 5.38 Å². The molecule has 1 aromatic heterocycles. The molecule has 0 saturated heterocycles. The van der Waals surface area contributed by atoms with E-state index in [-0.39, 0.29) is 5.76 Å². The third-order valence-electron chi connectivity index (χ3n) is 1.40. The van der Waals surface area contributed by atoms with Crippen LogP contribution in [0.1, 0.15) is 10.6 Å². The van der Waals surface area contributed by atoms with Gasteiger partial charge >= 0.3 is 5.97 Å². The summed E-state index contributed by atoms with van der Waals surface area (Å²) in [5, 5.41) is -1.34. The number of hydrogen-bond acceptors (Lipinski definition) is 4. The highest BCUT2D eigenvalue weighted by molar-refractivity contribution is 6.43. The van der Waals surface area contributed by atoms with Crippen LogP contribution in [-0.2, 0) is 9.53 Å². The fourth-order valence-electron chi connectivity index (χ4n) is 0.754. The lowest BCUT2D eigenvalue weighted by Gasteiger charge is -2.02. The molecule has 1 atom stereocenters. The summed E-state index contributed by atoms with van der Waals surface area (Å²) in [5.41, 5.74) is 0. The molecule has 0 saturated carbocycles. The first kappa shape index (κ1) is 9.80. The zero-order chi connectivity index (χ0) is 9.84. The van der Waals surface area contributed by atoms with Crippen LogP contribution < -0.4 is 0 Å². The highest BCUT2D eigenvalue weighted by Crippen LogP contribution is 2.10. The second-order valence-electron chi connectivity index (χ2n) is 2.23. The van der Waals surface area contributed by atoms with Crippen LogP contribution in [0.15, 0.2) is 22.8 Å². The van der Waals surface area contributed by atoms with E-state index < -0.39 is 17.1 Å². The highest BCUT2D eigenvalue weighted by atomic mass is 35.5. The minimum absolute atomic E-state index is 0.0467. The molecule has 0 aliphatic heterocycles. The number of ether oxygens (including phenoxy) is 1. The van der Waals surface area contributed by atoms with Crippen molar-refractivity contribution in [1.82, 2.24) is 0 Å². The molecule has 4 nitrogen and oxygen atoms in total. The third kappa shape index (κ3) is 2.09. The third-order valence-corrected chi connectivity index (χ3v) is 1.78. The van der Waals surface area contributed by atoms with E-state index in [0.29, 0.717) is 0 Å². The lowest BCUT2D eigenvalue weighted by atomic mass is 10.2. The van der Waals surface area contributed by atoms with Crippen LogP contribution in [0.3, 0.4) is 0 Å². The maximum atomic E-state index is 11.3. The topological polar surface area (TPSA) is 56.5 Å². The van der Waals surface area contributed by atoms with Crippen LogP contribution in [-0.4, -0.2) is 24.2 Å². The number of alkyl halides is 1. The number of methoxy groups -OCH3 is 1. The van der Waals surface area contributed by atoms with Crippen LogP contribution in [0.5, 0.6) is 0 Å². The summed E-state index contributed by atoms with van der Waals surface area (Å²) in [4.78, 5) is 22.1. The number of ketones is 1. The van der Waals surface area contributed by atoms with Gasteiger partial charge in [0.1, 0.15) is 0 Å². The fraction of sp³-hybridized carbons (Fsp3) is 0.250. The Balaban J connectivity index is 2.74. The standard InChI is InChI=1S/C8H7ClO4/c1-12-8(11)6(9)7(10)5-3-2-4-13-5/h2-4,6H,1H3. The average molecular weight is 203 g/mol. The molecule has 0 aliphatic rings. The molecule has 0 fully saturated rings. The van der Waals surface area contributed by atoms with Gasteiger partial charge in [0, 0.05) is 0 Å². The molecule has 1 heterocycles.